The lowest BCUT2D eigenvalue weighted by Gasteiger charge is -1.97. The number of hydrogen-bond donors (Lipinski definition) is 2. The summed E-state index contributed by atoms with van der Waals surface area (Å²) < 4.78 is 0. The maximum Gasteiger partial charge on any atom is 0.0312 e. The Bertz CT molecular complexity index is 417. The summed E-state index contributed by atoms with van der Waals surface area (Å²) in [4.78, 5) is 7.97. The van der Waals surface area contributed by atoms with Crippen LogP contribution in [0.5, 0.6) is 0 Å². The molecule has 2 aromatic heterocycles. The molecular formula is C15H22N4. The zero-order valence-electron chi connectivity index (χ0n) is 11.6. The van der Waals surface area contributed by atoms with Crippen LogP contribution >= 0.6 is 0 Å². The zero-order chi connectivity index (χ0) is 13.8. The van der Waals surface area contributed by atoms with Gasteiger partial charge in [0.15, 0.2) is 0 Å². The summed E-state index contributed by atoms with van der Waals surface area (Å²) in [5, 5.41) is 6.13. The molecule has 2 heterocycles. The minimum atomic E-state index is 0.897. The number of hydrogen-bond acceptors (Lipinski definition) is 4. The van der Waals surface area contributed by atoms with Crippen LogP contribution in [0, 0.1) is 0 Å². The van der Waals surface area contributed by atoms with Crippen molar-refractivity contribution in [1.29, 1.82) is 0 Å². The van der Waals surface area contributed by atoms with Crippen LogP contribution in [-0.2, 0) is 13.0 Å². The van der Waals surface area contributed by atoms with Gasteiger partial charge in [0.1, 0.15) is 0 Å². The summed E-state index contributed by atoms with van der Waals surface area (Å²) in [7, 11) is 3.88. The van der Waals surface area contributed by atoms with Crippen molar-refractivity contribution < 1.29 is 0 Å². The molecule has 0 aliphatic heterocycles. The van der Waals surface area contributed by atoms with E-state index in [2.05, 4.69) is 26.7 Å². The van der Waals surface area contributed by atoms with Gasteiger partial charge in [0.25, 0.3) is 0 Å². The molecule has 19 heavy (non-hydrogen) atoms. The third kappa shape index (κ3) is 7.28. The fourth-order valence-electron chi connectivity index (χ4n) is 1.52. The Kier molecular flexibility index (Phi) is 8.18. The lowest BCUT2D eigenvalue weighted by atomic mass is 10.2. The first-order valence-electron chi connectivity index (χ1n) is 6.44. The van der Waals surface area contributed by atoms with Gasteiger partial charge in [-0.2, -0.15) is 0 Å². The van der Waals surface area contributed by atoms with E-state index in [4.69, 9.17) is 0 Å². The van der Waals surface area contributed by atoms with Crippen molar-refractivity contribution in [2.75, 3.05) is 20.6 Å². The molecule has 2 N–H and O–H groups in total. The number of nitrogens with zero attached hydrogens (tertiary/aromatic N) is 2. The van der Waals surface area contributed by atoms with Gasteiger partial charge in [-0.3, -0.25) is 9.97 Å². The number of likely N-dealkylation sites (N-methyl/N-ethyl adjacent to an activating group) is 1. The fourth-order valence-corrected chi connectivity index (χ4v) is 1.52. The second kappa shape index (κ2) is 10.2. The predicted molar refractivity (Wildman–Crippen MR) is 78.9 cm³/mol. The van der Waals surface area contributed by atoms with Gasteiger partial charge in [0.05, 0.1) is 0 Å². The summed E-state index contributed by atoms with van der Waals surface area (Å²) in [6.45, 7) is 1.92. The molecule has 0 unspecified atom stereocenters. The molecule has 0 saturated carbocycles. The van der Waals surface area contributed by atoms with Crippen LogP contribution in [0.4, 0.5) is 0 Å². The highest BCUT2D eigenvalue weighted by Crippen LogP contribution is 1.94. The number of nitrogens with one attached hydrogen (secondary N) is 2. The summed E-state index contributed by atoms with van der Waals surface area (Å²) >= 11 is 0. The first-order valence-corrected chi connectivity index (χ1v) is 6.44. The largest absolute Gasteiger partial charge is 0.319 e. The Labute approximate surface area is 115 Å². The quantitative estimate of drug-likeness (QED) is 0.856. The fraction of sp³-hybridized carbons (Fsp3) is 0.333. The van der Waals surface area contributed by atoms with Crippen LogP contribution in [-0.4, -0.2) is 30.6 Å². The number of rotatable bonds is 5. The van der Waals surface area contributed by atoms with Crippen molar-refractivity contribution in [3.63, 3.8) is 0 Å². The van der Waals surface area contributed by atoms with E-state index in [0.29, 0.717) is 0 Å². The Morgan fingerprint density at radius 1 is 0.895 bits per heavy atom. The molecule has 2 rings (SSSR count). The maximum absolute atomic E-state index is 4.01. The number of pyridine rings is 2. The Balaban J connectivity index is 0.000000191. The average Bonchev–Trinajstić information content (AvgIpc) is 2.48. The predicted octanol–water partition coefficient (Wildman–Crippen LogP) is 1.64. The third-order valence-electron chi connectivity index (χ3n) is 2.49. The monoisotopic (exact) mass is 258 g/mol. The van der Waals surface area contributed by atoms with Crippen molar-refractivity contribution in [3.05, 3.63) is 60.2 Å². The van der Waals surface area contributed by atoms with Gasteiger partial charge >= 0.3 is 0 Å². The van der Waals surface area contributed by atoms with Crippen molar-refractivity contribution >= 4 is 0 Å². The molecule has 0 amide bonds. The smallest absolute Gasteiger partial charge is 0.0312 e. The van der Waals surface area contributed by atoms with Crippen molar-refractivity contribution in [2.24, 2.45) is 0 Å². The van der Waals surface area contributed by atoms with E-state index < -0.39 is 0 Å². The summed E-state index contributed by atoms with van der Waals surface area (Å²) in [6, 6.07) is 8.03. The van der Waals surface area contributed by atoms with E-state index in [1.165, 1.54) is 11.1 Å². The van der Waals surface area contributed by atoms with E-state index >= 15 is 0 Å². The molecule has 0 aliphatic carbocycles. The van der Waals surface area contributed by atoms with E-state index in [1.807, 2.05) is 44.7 Å². The molecule has 4 heteroatoms. The normalized spacial score (nSPS) is 9.58. The van der Waals surface area contributed by atoms with Gasteiger partial charge in [0, 0.05) is 31.3 Å². The Hall–Kier alpha value is -1.78. The zero-order valence-corrected chi connectivity index (χ0v) is 11.6. The summed E-state index contributed by atoms with van der Waals surface area (Å²) in [6.07, 6.45) is 8.39. The molecular weight excluding hydrogens is 236 g/mol. The van der Waals surface area contributed by atoms with Gasteiger partial charge < -0.3 is 10.6 Å². The van der Waals surface area contributed by atoms with Crippen molar-refractivity contribution in [1.82, 2.24) is 20.6 Å². The highest BCUT2D eigenvalue weighted by molar-refractivity contribution is 5.08. The Morgan fingerprint density at radius 2 is 1.53 bits per heavy atom. The molecule has 0 aliphatic rings. The lowest BCUT2D eigenvalue weighted by molar-refractivity contribution is 0.789. The van der Waals surface area contributed by atoms with E-state index in [1.54, 1.807) is 12.4 Å². The third-order valence-corrected chi connectivity index (χ3v) is 2.49. The lowest BCUT2D eigenvalue weighted by Crippen LogP contribution is -2.10. The first kappa shape index (κ1) is 15.3. The summed E-state index contributed by atoms with van der Waals surface area (Å²) in [5.74, 6) is 0. The van der Waals surface area contributed by atoms with Crippen molar-refractivity contribution in [2.45, 2.75) is 13.0 Å². The van der Waals surface area contributed by atoms with Gasteiger partial charge in [-0.05, 0) is 50.3 Å². The molecule has 0 bridgehead atoms. The van der Waals surface area contributed by atoms with Crippen LogP contribution in [0.25, 0.3) is 0 Å². The molecule has 4 nitrogen and oxygen atoms in total. The van der Waals surface area contributed by atoms with E-state index in [0.717, 1.165) is 19.5 Å². The Morgan fingerprint density at radius 3 is 2.00 bits per heavy atom. The van der Waals surface area contributed by atoms with Crippen molar-refractivity contribution in [3.8, 4) is 0 Å². The van der Waals surface area contributed by atoms with Crippen LogP contribution in [0.1, 0.15) is 11.1 Å². The van der Waals surface area contributed by atoms with Gasteiger partial charge in [-0.25, -0.2) is 0 Å². The summed E-state index contributed by atoms with van der Waals surface area (Å²) in [5.41, 5.74) is 2.51. The highest BCUT2D eigenvalue weighted by Gasteiger charge is 1.87. The van der Waals surface area contributed by atoms with Gasteiger partial charge in [-0.1, -0.05) is 12.1 Å². The first-order chi connectivity index (χ1) is 9.36. The minimum Gasteiger partial charge on any atom is -0.319 e. The van der Waals surface area contributed by atoms with Gasteiger partial charge in [0.2, 0.25) is 0 Å². The van der Waals surface area contributed by atoms with E-state index in [-0.39, 0.29) is 0 Å². The molecule has 2 aromatic rings. The van der Waals surface area contributed by atoms with Crippen LogP contribution in [0.2, 0.25) is 0 Å². The van der Waals surface area contributed by atoms with Crippen LogP contribution in [0.15, 0.2) is 49.1 Å². The second-order valence-corrected chi connectivity index (χ2v) is 4.11. The molecule has 102 valence electrons. The SMILES string of the molecule is CNCCc1cccnc1.CNCc1cccnc1. The average molecular weight is 258 g/mol. The molecule has 0 fully saturated rings. The molecule has 0 atom stereocenters. The molecule has 0 aromatic carbocycles. The molecule has 0 radical (unpaired) electrons. The van der Waals surface area contributed by atoms with Crippen LogP contribution < -0.4 is 10.6 Å². The second-order valence-electron chi connectivity index (χ2n) is 4.11. The highest BCUT2D eigenvalue weighted by atomic mass is 14.8. The van der Waals surface area contributed by atoms with Crippen LogP contribution in [0.3, 0.4) is 0 Å². The topological polar surface area (TPSA) is 49.8 Å². The maximum atomic E-state index is 4.01. The minimum absolute atomic E-state index is 0.897. The standard InChI is InChI=1S/C8H12N2.C7H10N2/c1-9-6-4-8-3-2-5-10-7-8;1-8-5-7-3-2-4-9-6-7/h2-3,5,7,9H,4,6H2,1H3;2-4,6,8H,5H2,1H3. The van der Waals surface area contributed by atoms with Gasteiger partial charge in [-0.15, -0.1) is 0 Å². The number of aromatic nitrogens is 2. The molecule has 0 saturated heterocycles. The molecule has 0 spiro atoms. The van der Waals surface area contributed by atoms with E-state index in [9.17, 15) is 0 Å².